The zero-order valence-electron chi connectivity index (χ0n) is 8.78. The lowest BCUT2D eigenvalue weighted by molar-refractivity contribution is 0.425. The molecule has 0 radical (unpaired) electrons. The molecule has 0 spiro atoms. The van der Waals surface area contributed by atoms with Crippen LogP contribution in [-0.4, -0.2) is 13.1 Å². The molecule has 1 atom stereocenters. The Balaban J connectivity index is 3.57. The summed E-state index contributed by atoms with van der Waals surface area (Å²) in [4.78, 5) is 0. The first-order valence-electron chi connectivity index (χ1n) is 4.77. The molecule has 0 aliphatic heterocycles. The van der Waals surface area contributed by atoms with E-state index in [1.807, 2.05) is 14.0 Å². The van der Waals surface area contributed by atoms with Gasteiger partial charge in [0, 0.05) is 12.5 Å². The Morgan fingerprint density at radius 2 is 2.00 bits per heavy atom. The third kappa shape index (κ3) is 6.24. The van der Waals surface area contributed by atoms with Crippen LogP contribution in [0.1, 0.15) is 40.0 Å². The molecule has 12 heavy (non-hydrogen) atoms. The van der Waals surface area contributed by atoms with E-state index in [1.54, 1.807) is 0 Å². The summed E-state index contributed by atoms with van der Waals surface area (Å²) in [5.41, 5.74) is 0. The number of hydrogen-bond donors (Lipinski definition) is 1. The van der Waals surface area contributed by atoms with Gasteiger partial charge >= 0.3 is 0 Å². The minimum absolute atomic E-state index is 0.644. The van der Waals surface area contributed by atoms with Crippen LogP contribution in [-0.2, 0) is 0 Å². The van der Waals surface area contributed by atoms with Crippen LogP contribution in [0, 0.1) is 17.8 Å². The van der Waals surface area contributed by atoms with Gasteiger partial charge in [-0.15, -0.1) is 11.8 Å². The number of rotatable bonds is 5. The molecule has 0 aliphatic rings. The molecule has 70 valence electrons. The molecular formula is C11H21N. The molecule has 0 aromatic heterocycles. The van der Waals surface area contributed by atoms with Crippen LogP contribution in [0.4, 0.5) is 0 Å². The molecule has 1 heteroatoms. The van der Waals surface area contributed by atoms with E-state index < -0.39 is 0 Å². The first-order valence-corrected chi connectivity index (χ1v) is 4.77. The van der Waals surface area contributed by atoms with Gasteiger partial charge in [-0.1, -0.05) is 13.8 Å². The van der Waals surface area contributed by atoms with Crippen LogP contribution in [0.25, 0.3) is 0 Å². The maximum absolute atomic E-state index is 3.32. The van der Waals surface area contributed by atoms with Crippen molar-refractivity contribution in [1.82, 2.24) is 5.32 Å². The average molecular weight is 167 g/mol. The average Bonchev–Trinajstić information content (AvgIpc) is 2.02. The van der Waals surface area contributed by atoms with E-state index in [-0.39, 0.29) is 0 Å². The Kier molecular flexibility index (Phi) is 6.90. The summed E-state index contributed by atoms with van der Waals surface area (Å²) in [7, 11) is 2.03. The Morgan fingerprint density at radius 3 is 2.42 bits per heavy atom. The van der Waals surface area contributed by atoms with Crippen LogP contribution in [0.3, 0.4) is 0 Å². The molecule has 0 aromatic carbocycles. The molecule has 0 aliphatic carbocycles. The van der Waals surface area contributed by atoms with Crippen LogP contribution < -0.4 is 5.32 Å². The van der Waals surface area contributed by atoms with Gasteiger partial charge in [-0.2, -0.15) is 0 Å². The summed E-state index contributed by atoms with van der Waals surface area (Å²) in [5.74, 6) is 6.79. The zero-order chi connectivity index (χ0) is 9.40. The van der Waals surface area contributed by atoms with Gasteiger partial charge in [-0.3, -0.25) is 0 Å². The normalized spacial score (nSPS) is 12.4. The first kappa shape index (κ1) is 11.5. The van der Waals surface area contributed by atoms with Crippen LogP contribution in [0.15, 0.2) is 0 Å². The lowest BCUT2D eigenvalue weighted by atomic mass is 10.0. The van der Waals surface area contributed by atoms with Gasteiger partial charge in [0.25, 0.3) is 0 Å². The van der Waals surface area contributed by atoms with Gasteiger partial charge in [0.15, 0.2) is 0 Å². The second-order valence-electron chi connectivity index (χ2n) is 3.58. The Bertz CT molecular complexity index is 150. The first-order chi connectivity index (χ1) is 5.70. The Labute approximate surface area is 76.9 Å². The molecule has 0 bridgehead atoms. The molecule has 1 N–H and O–H groups in total. The summed E-state index contributed by atoms with van der Waals surface area (Å²) in [6, 6.07) is 0.644. The minimum Gasteiger partial charge on any atom is -0.317 e. The van der Waals surface area contributed by atoms with Crippen LogP contribution in [0.2, 0.25) is 0 Å². The van der Waals surface area contributed by atoms with E-state index in [0.717, 1.165) is 12.3 Å². The van der Waals surface area contributed by atoms with Crippen molar-refractivity contribution in [3.63, 3.8) is 0 Å². The molecule has 0 fully saturated rings. The van der Waals surface area contributed by atoms with Gasteiger partial charge in [0.1, 0.15) is 0 Å². The van der Waals surface area contributed by atoms with Crippen molar-refractivity contribution in [2.24, 2.45) is 5.92 Å². The fourth-order valence-electron chi connectivity index (χ4n) is 1.32. The summed E-state index contributed by atoms with van der Waals surface area (Å²) in [5, 5.41) is 3.32. The molecule has 0 rings (SSSR count). The predicted octanol–water partition coefficient (Wildman–Crippen LogP) is 2.42. The van der Waals surface area contributed by atoms with Crippen molar-refractivity contribution in [2.75, 3.05) is 7.05 Å². The van der Waals surface area contributed by atoms with Gasteiger partial charge in [0.05, 0.1) is 0 Å². The van der Waals surface area contributed by atoms with Gasteiger partial charge in [0.2, 0.25) is 0 Å². The van der Waals surface area contributed by atoms with Crippen molar-refractivity contribution >= 4 is 0 Å². The van der Waals surface area contributed by atoms with E-state index in [2.05, 4.69) is 31.0 Å². The summed E-state index contributed by atoms with van der Waals surface area (Å²) < 4.78 is 0. The Hall–Kier alpha value is -0.480. The summed E-state index contributed by atoms with van der Waals surface area (Å²) in [6.45, 7) is 6.42. The smallest absolute Gasteiger partial charge is 0.0103 e. The van der Waals surface area contributed by atoms with E-state index in [4.69, 9.17) is 0 Å². The topological polar surface area (TPSA) is 12.0 Å². The highest BCUT2D eigenvalue weighted by molar-refractivity contribution is 4.95. The monoisotopic (exact) mass is 167 g/mol. The van der Waals surface area contributed by atoms with Crippen molar-refractivity contribution < 1.29 is 0 Å². The Morgan fingerprint density at radius 1 is 1.33 bits per heavy atom. The molecule has 1 unspecified atom stereocenters. The molecule has 0 saturated heterocycles. The molecule has 0 saturated carbocycles. The van der Waals surface area contributed by atoms with E-state index >= 15 is 0 Å². The number of hydrogen-bond acceptors (Lipinski definition) is 1. The highest BCUT2D eigenvalue weighted by Gasteiger charge is 2.06. The molecule has 0 aromatic rings. The summed E-state index contributed by atoms with van der Waals surface area (Å²) >= 11 is 0. The maximum Gasteiger partial charge on any atom is 0.0103 e. The standard InChI is InChI=1S/C11H21N/c1-5-6-7-8-11(12-4)9-10(2)3/h10-12H,7-9H2,1-4H3. The maximum atomic E-state index is 3.32. The second-order valence-corrected chi connectivity index (χ2v) is 3.58. The second kappa shape index (κ2) is 7.18. The van der Waals surface area contributed by atoms with Gasteiger partial charge in [-0.25, -0.2) is 0 Å². The lowest BCUT2D eigenvalue weighted by Crippen LogP contribution is -2.26. The lowest BCUT2D eigenvalue weighted by Gasteiger charge is -2.16. The van der Waals surface area contributed by atoms with E-state index in [0.29, 0.717) is 6.04 Å². The number of nitrogens with one attached hydrogen (secondary N) is 1. The molecule has 0 amide bonds. The van der Waals surface area contributed by atoms with Crippen LogP contribution in [0.5, 0.6) is 0 Å². The van der Waals surface area contributed by atoms with Crippen molar-refractivity contribution in [3.8, 4) is 11.8 Å². The predicted molar refractivity (Wildman–Crippen MR) is 55.0 cm³/mol. The van der Waals surface area contributed by atoms with Crippen molar-refractivity contribution in [3.05, 3.63) is 0 Å². The van der Waals surface area contributed by atoms with Gasteiger partial charge in [-0.05, 0) is 32.7 Å². The molecule has 0 heterocycles. The zero-order valence-corrected chi connectivity index (χ0v) is 8.78. The fourth-order valence-corrected chi connectivity index (χ4v) is 1.32. The van der Waals surface area contributed by atoms with Crippen molar-refractivity contribution in [1.29, 1.82) is 0 Å². The minimum atomic E-state index is 0.644. The SMILES string of the molecule is CC#CCCC(CC(C)C)NC. The van der Waals surface area contributed by atoms with Crippen molar-refractivity contribution in [2.45, 2.75) is 46.1 Å². The van der Waals surface area contributed by atoms with Crippen LogP contribution >= 0.6 is 0 Å². The largest absolute Gasteiger partial charge is 0.317 e. The van der Waals surface area contributed by atoms with E-state index in [1.165, 1.54) is 12.8 Å². The van der Waals surface area contributed by atoms with E-state index in [9.17, 15) is 0 Å². The highest BCUT2D eigenvalue weighted by Crippen LogP contribution is 2.08. The quantitative estimate of drug-likeness (QED) is 0.620. The van der Waals surface area contributed by atoms with Gasteiger partial charge < -0.3 is 5.32 Å². The third-order valence-electron chi connectivity index (χ3n) is 1.96. The fraction of sp³-hybridized carbons (Fsp3) is 0.818. The third-order valence-corrected chi connectivity index (χ3v) is 1.96. The highest BCUT2D eigenvalue weighted by atomic mass is 14.9. The summed E-state index contributed by atoms with van der Waals surface area (Å²) in [6.07, 6.45) is 3.45. The molecule has 1 nitrogen and oxygen atoms in total. The molecular weight excluding hydrogens is 146 g/mol.